The molecule has 0 aromatic carbocycles. The van der Waals surface area contributed by atoms with Crippen molar-refractivity contribution in [3.05, 3.63) is 12.2 Å². The molecule has 15 heavy (non-hydrogen) atoms. The Bertz CT molecular complexity index is 261. The van der Waals surface area contributed by atoms with Crippen LogP contribution in [0.25, 0.3) is 0 Å². The van der Waals surface area contributed by atoms with E-state index in [4.69, 9.17) is 9.84 Å². The van der Waals surface area contributed by atoms with Crippen LogP contribution in [-0.2, 0) is 9.53 Å². The van der Waals surface area contributed by atoms with Crippen LogP contribution in [0.15, 0.2) is 12.2 Å². The average Bonchev–Trinajstić information content (AvgIpc) is 2.93. The van der Waals surface area contributed by atoms with Gasteiger partial charge in [-0.05, 0) is 25.2 Å². The first-order chi connectivity index (χ1) is 7.27. The maximum Gasteiger partial charge on any atom is 0.328 e. The van der Waals surface area contributed by atoms with Gasteiger partial charge < -0.3 is 15.2 Å². The Morgan fingerprint density at radius 1 is 1.47 bits per heavy atom. The summed E-state index contributed by atoms with van der Waals surface area (Å²) in [4.78, 5) is 10.2. The minimum absolute atomic E-state index is 0.364. The van der Waals surface area contributed by atoms with Crippen LogP contribution < -0.4 is 5.32 Å². The molecule has 0 amide bonds. The summed E-state index contributed by atoms with van der Waals surface area (Å²) < 4.78 is 5.66. The number of aliphatic carboxylic acids is 1. The Labute approximate surface area is 89.3 Å². The van der Waals surface area contributed by atoms with E-state index >= 15 is 0 Å². The van der Waals surface area contributed by atoms with Crippen LogP contribution in [0, 0.1) is 5.92 Å². The lowest BCUT2D eigenvalue weighted by molar-refractivity contribution is -0.131. The molecule has 4 nitrogen and oxygen atoms in total. The van der Waals surface area contributed by atoms with Gasteiger partial charge in [0.15, 0.2) is 0 Å². The smallest absolute Gasteiger partial charge is 0.328 e. The van der Waals surface area contributed by atoms with Crippen molar-refractivity contribution in [1.29, 1.82) is 0 Å². The third kappa shape index (κ3) is 3.04. The lowest BCUT2D eigenvalue weighted by atomic mass is 10.1. The molecule has 2 unspecified atom stereocenters. The summed E-state index contributed by atoms with van der Waals surface area (Å²) in [6.45, 7) is 1.45. The summed E-state index contributed by atoms with van der Waals surface area (Å²) in [6, 6.07) is 0.413. The van der Waals surface area contributed by atoms with E-state index in [0.717, 1.165) is 18.9 Å². The van der Waals surface area contributed by atoms with Crippen molar-refractivity contribution in [1.82, 2.24) is 5.32 Å². The first kappa shape index (κ1) is 10.6. The Hall–Kier alpha value is -0.870. The summed E-state index contributed by atoms with van der Waals surface area (Å²) in [7, 11) is 0. The first-order valence-corrected chi connectivity index (χ1v) is 5.52. The molecule has 0 spiro atoms. The van der Waals surface area contributed by atoms with Crippen molar-refractivity contribution < 1.29 is 14.6 Å². The fourth-order valence-corrected chi connectivity index (χ4v) is 2.10. The van der Waals surface area contributed by atoms with E-state index in [1.54, 1.807) is 6.08 Å². The number of carboxylic acids is 1. The molecule has 1 heterocycles. The van der Waals surface area contributed by atoms with Crippen LogP contribution in [0.1, 0.15) is 19.3 Å². The molecule has 0 aromatic rings. The number of hydrogen-bond acceptors (Lipinski definition) is 3. The van der Waals surface area contributed by atoms with Crippen LogP contribution in [-0.4, -0.2) is 36.4 Å². The fraction of sp³-hybridized carbons (Fsp3) is 0.727. The predicted molar refractivity (Wildman–Crippen MR) is 55.6 cm³/mol. The molecule has 1 saturated carbocycles. The summed E-state index contributed by atoms with van der Waals surface area (Å²) in [5, 5.41) is 11.7. The van der Waals surface area contributed by atoms with E-state index < -0.39 is 5.97 Å². The molecule has 2 atom stereocenters. The molecule has 1 aliphatic heterocycles. The molecule has 2 N–H and O–H groups in total. The third-order valence-electron chi connectivity index (χ3n) is 2.98. The molecular formula is C11H17NO3. The summed E-state index contributed by atoms with van der Waals surface area (Å²) in [5.41, 5.74) is 0. The topological polar surface area (TPSA) is 58.6 Å². The van der Waals surface area contributed by atoms with Crippen molar-refractivity contribution in [2.45, 2.75) is 31.4 Å². The molecular weight excluding hydrogens is 194 g/mol. The largest absolute Gasteiger partial charge is 0.478 e. The highest BCUT2D eigenvalue weighted by molar-refractivity contribution is 5.79. The molecule has 1 saturated heterocycles. The van der Waals surface area contributed by atoms with Crippen LogP contribution in [0.2, 0.25) is 0 Å². The Kier molecular flexibility index (Phi) is 3.38. The van der Waals surface area contributed by atoms with Crippen LogP contribution >= 0.6 is 0 Å². The van der Waals surface area contributed by atoms with Gasteiger partial charge in [0, 0.05) is 25.3 Å². The number of hydrogen-bond donors (Lipinski definition) is 2. The Morgan fingerprint density at radius 2 is 2.27 bits per heavy atom. The van der Waals surface area contributed by atoms with Crippen molar-refractivity contribution in [2.24, 2.45) is 5.92 Å². The van der Waals surface area contributed by atoms with Crippen molar-refractivity contribution >= 4 is 5.97 Å². The van der Waals surface area contributed by atoms with Crippen molar-refractivity contribution in [3.63, 3.8) is 0 Å². The normalized spacial score (nSPS) is 31.2. The zero-order valence-corrected chi connectivity index (χ0v) is 8.69. The molecule has 4 heteroatoms. The van der Waals surface area contributed by atoms with Gasteiger partial charge in [0.05, 0.1) is 6.10 Å². The van der Waals surface area contributed by atoms with Crippen LogP contribution in [0.4, 0.5) is 0 Å². The van der Waals surface area contributed by atoms with Crippen molar-refractivity contribution in [3.8, 4) is 0 Å². The van der Waals surface area contributed by atoms with E-state index in [2.05, 4.69) is 5.32 Å². The second-order valence-electron chi connectivity index (χ2n) is 4.22. The molecule has 2 fully saturated rings. The Balaban J connectivity index is 1.71. The SMILES string of the molecule is O=C(O)/C=C/CNC1CCOC1C1CC1. The Morgan fingerprint density at radius 3 is 2.93 bits per heavy atom. The van der Waals surface area contributed by atoms with Gasteiger partial charge >= 0.3 is 5.97 Å². The van der Waals surface area contributed by atoms with E-state index in [1.807, 2.05) is 0 Å². The van der Waals surface area contributed by atoms with Crippen LogP contribution in [0.3, 0.4) is 0 Å². The lowest BCUT2D eigenvalue weighted by Gasteiger charge is -2.18. The number of ether oxygens (including phenoxy) is 1. The zero-order chi connectivity index (χ0) is 10.7. The third-order valence-corrected chi connectivity index (χ3v) is 2.98. The molecule has 2 rings (SSSR count). The van der Waals surface area contributed by atoms with E-state index in [-0.39, 0.29) is 0 Å². The van der Waals surface area contributed by atoms with E-state index in [9.17, 15) is 4.79 Å². The van der Waals surface area contributed by atoms with Crippen molar-refractivity contribution in [2.75, 3.05) is 13.2 Å². The summed E-state index contributed by atoms with van der Waals surface area (Å²) >= 11 is 0. The van der Waals surface area contributed by atoms with Gasteiger partial charge in [0.2, 0.25) is 0 Å². The van der Waals surface area contributed by atoms with E-state index in [1.165, 1.54) is 18.9 Å². The number of nitrogens with one attached hydrogen (secondary N) is 1. The highest BCUT2D eigenvalue weighted by Crippen LogP contribution is 2.38. The highest BCUT2D eigenvalue weighted by Gasteiger charge is 2.40. The van der Waals surface area contributed by atoms with Gasteiger partial charge in [-0.2, -0.15) is 0 Å². The van der Waals surface area contributed by atoms with Gasteiger partial charge in [-0.25, -0.2) is 4.79 Å². The second-order valence-corrected chi connectivity index (χ2v) is 4.22. The predicted octanol–water partition coefficient (Wildman–Crippen LogP) is 0.784. The minimum Gasteiger partial charge on any atom is -0.478 e. The zero-order valence-electron chi connectivity index (χ0n) is 8.69. The highest BCUT2D eigenvalue weighted by atomic mass is 16.5. The number of rotatable bonds is 5. The standard InChI is InChI=1S/C11H17NO3/c13-10(14)2-1-6-12-9-5-7-15-11(9)8-3-4-8/h1-2,8-9,11-12H,3-7H2,(H,13,14)/b2-1+. The monoisotopic (exact) mass is 211 g/mol. The van der Waals surface area contributed by atoms with Gasteiger partial charge in [-0.15, -0.1) is 0 Å². The van der Waals surface area contributed by atoms with Gasteiger partial charge in [0.1, 0.15) is 0 Å². The average molecular weight is 211 g/mol. The second kappa shape index (κ2) is 4.77. The fourth-order valence-electron chi connectivity index (χ4n) is 2.10. The molecule has 0 radical (unpaired) electrons. The molecule has 84 valence electrons. The van der Waals surface area contributed by atoms with Gasteiger partial charge in [0.25, 0.3) is 0 Å². The molecule has 1 aliphatic carbocycles. The molecule has 0 aromatic heterocycles. The number of carboxylic acid groups (broad SMARTS) is 1. The maximum absolute atomic E-state index is 10.2. The first-order valence-electron chi connectivity index (χ1n) is 5.52. The van der Waals surface area contributed by atoms with E-state index in [0.29, 0.717) is 18.7 Å². The van der Waals surface area contributed by atoms with Crippen LogP contribution in [0.5, 0.6) is 0 Å². The summed E-state index contributed by atoms with van der Waals surface area (Å²) in [6.07, 6.45) is 6.80. The lowest BCUT2D eigenvalue weighted by Crippen LogP contribution is -2.37. The molecule has 0 bridgehead atoms. The molecule has 2 aliphatic rings. The van der Waals surface area contributed by atoms with Gasteiger partial charge in [-0.1, -0.05) is 6.08 Å². The van der Waals surface area contributed by atoms with Gasteiger partial charge in [-0.3, -0.25) is 0 Å². The maximum atomic E-state index is 10.2. The quantitative estimate of drug-likeness (QED) is 0.660. The summed E-state index contributed by atoms with van der Waals surface area (Å²) in [5.74, 6) is -0.147. The number of carbonyl (C=O) groups is 1. The minimum atomic E-state index is -0.891.